The van der Waals surface area contributed by atoms with Crippen molar-refractivity contribution in [3.05, 3.63) is 73.3 Å². The molecule has 1 aliphatic rings. The lowest BCUT2D eigenvalue weighted by Crippen LogP contribution is -2.17. The van der Waals surface area contributed by atoms with Crippen LogP contribution in [-0.4, -0.2) is 47.6 Å². The van der Waals surface area contributed by atoms with Gasteiger partial charge in [0, 0.05) is 17.7 Å². The fraction of sp³-hybridized carbons (Fsp3) is 0.292. The average Bonchev–Trinajstić information content (AvgIpc) is 3.45. The first-order valence-electron chi connectivity index (χ1n) is 10.8. The molecule has 4 rings (SSSR count). The van der Waals surface area contributed by atoms with Crippen LogP contribution in [0.4, 0.5) is 10.7 Å². The van der Waals surface area contributed by atoms with Crippen molar-refractivity contribution in [3.63, 3.8) is 0 Å². The molecule has 0 radical (unpaired) electrons. The summed E-state index contributed by atoms with van der Waals surface area (Å²) < 4.78 is 20.4. The maximum absolute atomic E-state index is 12.0. The number of methoxy groups -OCH3 is 1. The number of phenolic OH excluding ortho intramolecular Hbond substituents is 1. The molecular weight excluding hydrogens is 474 g/mol. The summed E-state index contributed by atoms with van der Waals surface area (Å²) in [5, 5.41) is 25.4. The third kappa shape index (κ3) is 6.09. The van der Waals surface area contributed by atoms with E-state index in [0.717, 1.165) is 16.1 Å². The molecular formula is C24H25N3O9. The van der Waals surface area contributed by atoms with Gasteiger partial charge < -0.3 is 23.4 Å². The van der Waals surface area contributed by atoms with E-state index >= 15 is 0 Å². The normalized spacial score (nSPS) is 12.9. The molecule has 1 saturated heterocycles. The van der Waals surface area contributed by atoms with Crippen molar-refractivity contribution >= 4 is 29.2 Å². The Labute approximate surface area is 205 Å². The summed E-state index contributed by atoms with van der Waals surface area (Å²) in [6.45, 7) is 6.35. The van der Waals surface area contributed by atoms with E-state index in [1.807, 2.05) is 19.9 Å². The zero-order valence-electron chi connectivity index (χ0n) is 20.1. The number of furan rings is 1. The second kappa shape index (κ2) is 11.2. The average molecular weight is 499 g/mol. The number of amides is 1. The minimum Gasteiger partial charge on any atom is -0.507 e. The Morgan fingerprint density at radius 2 is 2.03 bits per heavy atom. The van der Waals surface area contributed by atoms with Crippen molar-refractivity contribution < 1.29 is 33.1 Å². The second-order valence-corrected chi connectivity index (χ2v) is 7.90. The van der Waals surface area contributed by atoms with E-state index in [1.54, 1.807) is 6.92 Å². The predicted octanol–water partition coefficient (Wildman–Crippen LogP) is 4.30. The van der Waals surface area contributed by atoms with Gasteiger partial charge in [0.05, 0.1) is 25.9 Å². The predicted molar refractivity (Wildman–Crippen MR) is 130 cm³/mol. The number of ether oxygens (including phenoxy) is 2. The Bertz CT molecular complexity index is 1400. The fourth-order valence-corrected chi connectivity index (χ4v) is 3.27. The first kappa shape index (κ1) is 26.0. The number of benzene rings is 1. The van der Waals surface area contributed by atoms with Gasteiger partial charge in [-0.1, -0.05) is 11.6 Å². The van der Waals surface area contributed by atoms with Crippen LogP contribution in [-0.2, 0) is 11.2 Å². The van der Waals surface area contributed by atoms with Gasteiger partial charge in [-0.25, -0.2) is 4.79 Å². The summed E-state index contributed by atoms with van der Waals surface area (Å²) in [5.41, 5.74) is 2.07. The third-order valence-electron chi connectivity index (χ3n) is 4.96. The van der Waals surface area contributed by atoms with E-state index in [-0.39, 0.29) is 34.8 Å². The van der Waals surface area contributed by atoms with Crippen LogP contribution in [0.5, 0.6) is 11.5 Å². The number of nitro groups is 1. The molecule has 3 heterocycles. The third-order valence-corrected chi connectivity index (χ3v) is 4.96. The minimum absolute atomic E-state index is 0.119. The molecule has 1 aromatic carbocycles. The number of phenols is 1. The molecule has 0 spiro atoms. The molecule has 0 saturated carbocycles. The first-order chi connectivity index (χ1) is 17.1. The summed E-state index contributed by atoms with van der Waals surface area (Å²) >= 11 is 0. The number of aromatic hydroxyl groups is 1. The number of carbonyl (C=O) groups is 1. The Morgan fingerprint density at radius 1 is 1.28 bits per heavy atom. The highest BCUT2D eigenvalue weighted by Gasteiger charge is 2.21. The highest BCUT2D eigenvalue weighted by Crippen LogP contribution is 2.34. The zero-order chi connectivity index (χ0) is 26.4. The second-order valence-electron chi connectivity index (χ2n) is 7.90. The van der Waals surface area contributed by atoms with Gasteiger partial charge in [-0.2, -0.15) is 10.1 Å². The molecule has 0 atom stereocenters. The van der Waals surface area contributed by atoms with Crippen LogP contribution >= 0.6 is 0 Å². The summed E-state index contributed by atoms with van der Waals surface area (Å²) in [6.07, 6.45) is 3.28. The number of allylic oxidation sites excluding steroid dienone is 2. The minimum atomic E-state index is -0.651. The van der Waals surface area contributed by atoms with Crippen molar-refractivity contribution in [2.75, 3.05) is 20.3 Å². The van der Waals surface area contributed by atoms with E-state index in [2.05, 4.69) is 9.84 Å². The molecule has 12 heteroatoms. The van der Waals surface area contributed by atoms with Gasteiger partial charge in [0.25, 0.3) is 0 Å². The van der Waals surface area contributed by atoms with Crippen LogP contribution in [0.1, 0.15) is 30.9 Å². The number of fused-ring (bicyclic) bond motifs is 1. The maximum atomic E-state index is 12.0. The zero-order valence-corrected chi connectivity index (χ0v) is 20.1. The number of carbonyl (C=O) groups excluding carboxylic acids is 1. The van der Waals surface area contributed by atoms with E-state index in [0.29, 0.717) is 30.1 Å². The molecule has 3 aromatic rings. The molecule has 1 aliphatic heterocycles. The quantitative estimate of drug-likeness (QED) is 0.226. The van der Waals surface area contributed by atoms with E-state index in [1.165, 1.54) is 37.6 Å². The molecule has 0 bridgehead atoms. The van der Waals surface area contributed by atoms with E-state index < -0.39 is 11.0 Å². The first-order valence-corrected chi connectivity index (χ1v) is 10.8. The summed E-state index contributed by atoms with van der Waals surface area (Å²) in [4.78, 5) is 32.7. The lowest BCUT2D eigenvalue weighted by molar-refractivity contribution is -0.402. The van der Waals surface area contributed by atoms with Crippen molar-refractivity contribution in [1.29, 1.82) is 0 Å². The maximum Gasteiger partial charge on any atom is 0.433 e. The molecule has 36 heavy (non-hydrogen) atoms. The summed E-state index contributed by atoms with van der Waals surface area (Å²) in [7, 11) is 1.53. The van der Waals surface area contributed by atoms with Crippen molar-refractivity contribution in [2.24, 2.45) is 5.10 Å². The smallest absolute Gasteiger partial charge is 0.433 e. The van der Waals surface area contributed by atoms with Gasteiger partial charge in [-0.15, -0.1) is 0 Å². The van der Waals surface area contributed by atoms with Crippen molar-refractivity contribution in [1.82, 2.24) is 5.01 Å². The Morgan fingerprint density at radius 3 is 2.61 bits per heavy atom. The molecule has 1 fully saturated rings. The van der Waals surface area contributed by atoms with Crippen LogP contribution in [0.25, 0.3) is 11.0 Å². The summed E-state index contributed by atoms with van der Waals surface area (Å²) in [6, 6.07) is 5.44. The number of hydrogen-bond acceptors (Lipinski definition) is 10. The Hall–Kier alpha value is -4.61. The van der Waals surface area contributed by atoms with Gasteiger partial charge in [0.1, 0.15) is 39.8 Å². The molecule has 0 unspecified atom stereocenters. The number of nitrogens with zero attached hydrogens (tertiary/aromatic N) is 3. The largest absolute Gasteiger partial charge is 0.507 e. The number of rotatable bonds is 6. The van der Waals surface area contributed by atoms with Gasteiger partial charge >= 0.3 is 12.0 Å². The highest BCUT2D eigenvalue weighted by molar-refractivity contribution is 5.88. The molecule has 2 aromatic heterocycles. The van der Waals surface area contributed by atoms with Gasteiger partial charge in [0.15, 0.2) is 11.2 Å². The van der Waals surface area contributed by atoms with E-state index in [4.69, 9.17) is 13.6 Å². The van der Waals surface area contributed by atoms with Gasteiger partial charge in [-0.05, 0) is 33.3 Å². The topological polar surface area (TPSA) is 158 Å². The highest BCUT2D eigenvalue weighted by atomic mass is 16.6. The SMILES string of the molecule is COc1cc(O)c2c(=O)cc(C)oc2c1CC=C(C)C.O=C1OCCN1N=Cc1ccc([N+](=O)[O-])o1. The molecule has 12 nitrogen and oxygen atoms in total. The number of aryl methyl sites for hydroxylation is 1. The van der Waals surface area contributed by atoms with Crippen LogP contribution in [0.2, 0.25) is 0 Å². The van der Waals surface area contributed by atoms with Crippen molar-refractivity contribution in [3.8, 4) is 11.5 Å². The Kier molecular flexibility index (Phi) is 8.10. The molecule has 1 N–H and O–H groups in total. The lowest BCUT2D eigenvalue weighted by atomic mass is 10.0. The number of hydrogen-bond donors (Lipinski definition) is 1. The summed E-state index contributed by atoms with van der Waals surface area (Å²) in [5.74, 6) is 0.734. The van der Waals surface area contributed by atoms with Crippen LogP contribution < -0.4 is 10.2 Å². The number of hydrazone groups is 1. The van der Waals surface area contributed by atoms with Crippen LogP contribution in [0.15, 0.2) is 54.6 Å². The standard InChI is InChI=1S/C16H18O4.C8H7N3O5/c1-9(2)5-6-11-14(19-4)8-13(18)15-12(17)7-10(3)20-16(11)15;12-8-10(3-4-15-8)9-5-6-1-2-7(16-6)11(13)14/h5,7-8,18H,6H2,1-4H3;1-2,5H,3-4H2. The number of cyclic esters (lactones) is 1. The molecule has 1 amide bonds. The monoisotopic (exact) mass is 499 g/mol. The lowest BCUT2D eigenvalue weighted by Gasteiger charge is -2.11. The van der Waals surface area contributed by atoms with Crippen LogP contribution in [0.3, 0.4) is 0 Å². The van der Waals surface area contributed by atoms with Gasteiger partial charge in [-0.3, -0.25) is 14.9 Å². The van der Waals surface area contributed by atoms with Crippen LogP contribution in [0, 0.1) is 17.0 Å². The Balaban J connectivity index is 0.000000205. The molecule has 190 valence electrons. The van der Waals surface area contributed by atoms with Gasteiger partial charge in [0.2, 0.25) is 0 Å². The fourth-order valence-electron chi connectivity index (χ4n) is 3.27. The molecule has 0 aliphatic carbocycles. The van der Waals surface area contributed by atoms with Crippen molar-refractivity contribution in [2.45, 2.75) is 27.2 Å². The van der Waals surface area contributed by atoms with E-state index in [9.17, 15) is 24.8 Å².